The van der Waals surface area contributed by atoms with Crippen LogP contribution in [0.4, 0.5) is 0 Å². The van der Waals surface area contributed by atoms with Crippen LogP contribution in [0.3, 0.4) is 0 Å². The number of rotatable bonds is 16. The Morgan fingerprint density at radius 2 is 0.732 bits per heavy atom. The summed E-state index contributed by atoms with van der Waals surface area (Å²) in [4.78, 5) is 135. The molecule has 3 fully saturated rings. The van der Waals surface area contributed by atoms with E-state index in [1.165, 1.54) is 47.0 Å². The number of aliphatic hydroxyl groups is 5. The minimum Gasteiger partial charge on any atom is -0.491 e. The lowest BCUT2D eigenvalue weighted by Crippen LogP contribution is -2.63. The smallest absolute Gasteiger partial charge is 0.305 e. The Morgan fingerprint density at radius 1 is 0.378 bits per heavy atom. The minimum atomic E-state index is -1.57. The van der Waals surface area contributed by atoms with Gasteiger partial charge in [-0.2, -0.15) is 0 Å². The maximum absolute atomic E-state index is 11.5. The van der Waals surface area contributed by atoms with E-state index in [1.54, 1.807) is 0 Å². The second-order valence-electron chi connectivity index (χ2n) is 17.4. The molecular weight excluding hydrogens is 1180 g/mol. The summed E-state index contributed by atoms with van der Waals surface area (Å²) in [5, 5.41) is 43.8. The van der Waals surface area contributed by atoms with Gasteiger partial charge in [0.1, 0.15) is 56.4 Å². The fraction of sp³-hybridized carbons (Fsp3) is 0.708. The van der Waals surface area contributed by atoms with Crippen molar-refractivity contribution in [3.05, 3.63) is 12.3 Å². The molecule has 0 aromatic carbocycles. The zero-order valence-corrected chi connectivity index (χ0v) is 48.0. The number of hydrogen-bond donors (Lipinski definition) is 5. The lowest BCUT2D eigenvalue weighted by atomic mass is 9.98. The van der Waals surface area contributed by atoms with Crippen LogP contribution in [0.2, 0.25) is 0 Å². The highest BCUT2D eigenvalue weighted by Crippen LogP contribution is 2.33. The number of esters is 12. The third-order valence-corrected chi connectivity index (χ3v) is 11.0. The molecular formula is C48H69BrO33. The zero-order chi connectivity index (χ0) is 62.9. The average Bonchev–Trinajstić information content (AvgIpc) is 3.42. The lowest BCUT2D eigenvalue weighted by molar-refractivity contribution is -0.300. The monoisotopic (exact) mass is 1250 g/mol. The summed E-state index contributed by atoms with van der Waals surface area (Å²) in [7, 11) is 0. The van der Waals surface area contributed by atoms with Crippen LogP contribution in [-0.4, -0.2) is 233 Å². The van der Waals surface area contributed by atoms with Gasteiger partial charge in [0.25, 0.3) is 0 Å². The Bertz CT molecular complexity index is 2220. The van der Waals surface area contributed by atoms with Crippen LogP contribution in [0.1, 0.15) is 83.1 Å². The van der Waals surface area contributed by atoms with Crippen molar-refractivity contribution in [2.24, 2.45) is 0 Å². The van der Waals surface area contributed by atoms with Gasteiger partial charge in [-0.3, -0.25) is 57.5 Å². The molecule has 33 nitrogen and oxygen atoms in total. The van der Waals surface area contributed by atoms with Gasteiger partial charge >= 0.3 is 71.6 Å². The molecule has 4 heterocycles. The van der Waals surface area contributed by atoms with Crippen molar-refractivity contribution in [2.75, 3.05) is 26.4 Å². The van der Waals surface area contributed by atoms with E-state index in [2.05, 4.69) is 20.7 Å². The van der Waals surface area contributed by atoms with E-state index < -0.39 is 194 Å². The Labute approximate surface area is 476 Å². The molecule has 34 heteroatoms. The second-order valence-corrected chi connectivity index (χ2v) is 18.3. The summed E-state index contributed by atoms with van der Waals surface area (Å²) >= 11 is 3.18. The topological polar surface area (TPSA) is 454 Å². The number of carbonyl (C=O) groups excluding carboxylic acids is 12. The van der Waals surface area contributed by atoms with Crippen molar-refractivity contribution in [3.63, 3.8) is 0 Å². The summed E-state index contributed by atoms with van der Waals surface area (Å²) in [6.45, 7) is 12.7. The van der Waals surface area contributed by atoms with E-state index in [9.17, 15) is 57.5 Å². The van der Waals surface area contributed by atoms with Crippen molar-refractivity contribution in [1.29, 1.82) is 0 Å². The van der Waals surface area contributed by atoms with Crippen molar-refractivity contribution < 1.29 is 159 Å². The van der Waals surface area contributed by atoms with E-state index in [1.807, 2.05) is 0 Å². The second kappa shape index (κ2) is 36.0. The third kappa shape index (κ3) is 26.5. The van der Waals surface area contributed by atoms with Crippen LogP contribution in [0.5, 0.6) is 0 Å². The van der Waals surface area contributed by atoms with Gasteiger partial charge in [0, 0.05) is 83.1 Å². The number of halogens is 1. The number of aliphatic hydroxyl groups excluding tert-OH is 5. The maximum Gasteiger partial charge on any atom is 0.305 e. The Kier molecular flexibility index (Phi) is 32.2. The molecule has 0 radical (unpaired) electrons. The van der Waals surface area contributed by atoms with Gasteiger partial charge in [-0.1, -0.05) is 15.9 Å². The lowest BCUT2D eigenvalue weighted by Gasteiger charge is -2.43. The first-order valence-electron chi connectivity index (χ1n) is 24.3. The quantitative estimate of drug-likeness (QED) is 0.0592. The largest absolute Gasteiger partial charge is 0.491 e. The molecule has 4 aliphatic rings. The number of ether oxygens (including phenoxy) is 16. The molecule has 4 rings (SSSR count). The van der Waals surface area contributed by atoms with E-state index >= 15 is 0 Å². The summed E-state index contributed by atoms with van der Waals surface area (Å²) < 4.78 is 81.4. The molecule has 0 aromatic rings. The molecule has 466 valence electrons. The molecule has 0 aromatic heterocycles. The van der Waals surface area contributed by atoms with E-state index in [0.29, 0.717) is 0 Å². The molecule has 5 N–H and O–H groups in total. The highest BCUT2D eigenvalue weighted by Gasteiger charge is 2.54. The molecule has 0 bridgehead atoms. The average molecular weight is 1250 g/mol. The van der Waals surface area contributed by atoms with Gasteiger partial charge in [-0.15, -0.1) is 0 Å². The molecule has 3 saturated heterocycles. The highest BCUT2D eigenvalue weighted by atomic mass is 79.9. The van der Waals surface area contributed by atoms with Crippen molar-refractivity contribution in [2.45, 2.75) is 192 Å². The van der Waals surface area contributed by atoms with Crippen LogP contribution < -0.4 is 0 Å². The van der Waals surface area contributed by atoms with Gasteiger partial charge in [-0.25, -0.2) is 0 Å². The van der Waals surface area contributed by atoms with Gasteiger partial charge < -0.3 is 101 Å². The predicted octanol–water partition coefficient (Wildman–Crippen LogP) is -2.80. The van der Waals surface area contributed by atoms with Crippen LogP contribution in [0.25, 0.3) is 0 Å². The van der Waals surface area contributed by atoms with Gasteiger partial charge in [0.05, 0.1) is 12.9 Å². The summed E-state index contributed by atoms with van der Waals surface area (Å²) in [6, 6.07) is 0. The van der Waals surface area contributed by atoms with E-state index in [0.717, 1.165) is 48.5 Å². The van der Waals surface area contributed by atoms with Crippen molar-refractivity contribution >= 4 is 87.6 Å². The van der Waals surface area contributed by atoms with Gasteiger partial charge in [0.2, 0.25) is 12.4 Å². The first-order chi connectivity index (χ1) is 38.1. The fourth-order valence-corrected chi connectivity index (χ4v) is 7.98. The van der Waals surface area contributed by atoms with Crippen LogP contribution in [0, 0.1) is 0 Å². The highest BCUT2D eigenvalue weighted by molar-refractivity contribution is 9.09. The molecule has 0 aliphatic carbocycles. The molecule has 4 aliphatic heterocycles. The zero-order valence-electron chi connectivity index (χ0n) is 46.4. The summed E-state index contributed by atoms with van der Waals surface area (Å²) in [5.41, 5.74) is 0. The van der Waals surface area contributed by atoms with Crippen LogP contribution in [0.15, 0.2) is 12.3 Å². The SMILES string of the molecule is CC(=O)OCC1OC(Br)C(OC(C)=O)C(OC(C)=O)C1OC(C)=O.CC(=O)OCC1OC(OC(C)=O)C(OC(C)=O)C(OC(C)=O)C1OC(C)=O.CC(=O)OCC1OC=CC(OC(C)=O)C1OC(C)=O.OCC1OC(O)C(O)C(O)C1O. The molecule has 0 spiro atoms. The van der Waals surface area contributed by atoms with E-state index in [-0.39, 0.29) is 13.2 Å². The number of alkyl halides is 1. The molecule has 82 heavy (non-hydrogen) atoms. The first-order valence-corrected chi connectivity index (χ1v) is 25.2. The Hall–Kier alpha value is -6.66. The summed E-state index contributed by atoms with van der Waals surface area (Å²) in [6.07, 6.45) is -17.5. The molecule has 0 amide bonds. The minimum absolute atomic E-state index is 0.102. The first kappa shape index (κ1) is 73.4. The normalized spacial score (nSPS) is 30.5. The standard InChI is InChI=1S/C16H22O11.C14H19BrO9.C12H16O7.C6H12O6/c1-7(17)22-6-12-13(23-8(2)18)14(24-9(3)19)15(25-10(4)20)16(27-12)26-11(5)21;1-6(16)20-5-10-11(21-7(2)17)12(22-8(3)18)13(14(15)24-10)23-9(4)19;1-7(13)17-6-11-12(19-9(3)15)10(4-5-16-11)18-8(2)14;7-1-2-3(8)4(9)5(10)6(11)12-2/h12-16H,6H2,1-5H3;10-14H,5H2,1-4H3;4-5,10-12H,6H2,1-3H3;2-11H,1H2. The Morgan fingerprint density at radius 3 is 1.13 bits per heavy atom. The fourth-order valence-electron chi connectivity index (χ4n) is 7.29. The molecule has 18 atom stereocenters. The van der Waals surface area contributed by atoms with Crippen molar-refractivity contribution in [1.82, 2.24) is 0 Å². The predicted molar refractivity (Wildman–Crippen MR) is 262 cm³/mol. The van der Waals surface area contributed by atoms with Crippen molar-refractivity contribution in [3.8, 4) is 0 Å². The third-order valence-electron chi connectivity index (χ3n) is 10.3. The maximum atomic E-state index is 11.5. The molecule has 0 saturated carbocycles. The number of carbonyl (C=O) groups is 12. The van der Waals surface area contributed by atoms with E-state index in [4.69, 9.17) is 96.6 Å². The molecule has 18 unspecified atom stereocenters. The Balaban J connectivity index is 0.000000565. The van der Waals surface area contributed by atoms with Gasteiger partial charge in [0.15, 0.2) is 60.1 Å². The number of hydrogen-bond acceptors (Lipinski definition) is 33. The summed E-state index contributed by atoms with van der Waals surface area (Å²) in [5.74, 6) is -7.78. The van der Waals surface area contributed by atoms with Crippen LogP contribution in [-0.2, 0) is 133 Å². The van der Waals surface area contributed by atoms with Crippen LogP contribution >= 0.6 is 15.9 Å². The van der Waals surface area contributed by atoms with Gasteiger partial charge in [-0.05, 0) is 6.08 Å².